The van der Waals surface area contributed by atoms with Gasteiger partial charge in [-0.1, -0.05) is 169 Å². The van der Waals surface area contributed by atoms with Crippen LogP contribution in [0, 0.1) is 6.92 Å². The van der Waals surface area contributed by atoms with E-state index < -0.39 is 0 Å². The van der Waals surface area contributed by atoms with Crippen LogP contribution in [0.3, 0.4) is 0 Å². The SMILES string of the molecule is Cc1ccc2c(-c3ccc(-n4c5ccccc5c5cc(-c6ccccc6)ccc54)cc3)c3ccccc3c(-c3ccccc3-c3ccccc3)c2c1. The molecule has 0 radical (unpaired) electrons. The van der Waals surface area contributed by atoms with Gasteiger partial charge in [-0.3, -0.25) is 0 Å². The summed E-state index contributed by atoms with van der Waals surface area (Å²) in [5.41, 5.74) is 14.8. The second-order valence-corrected chi connectivity index (χ2v) is 13.8. The Morgan fingerprint density at radius 1 is 0.308 bits per heavy atom. The Morgan fingerprint density at radius 2 is 0.865 bits per heavy atom. The van der Waals surface area contributed by atoms with Gasteiger partial charge in [0.1, 0.15) is 0 Å². The Labute approximate surface area is 303 Å². The topological polar surface area (TPSA) is 4.93 Å². The van der Waals surface area contributed by atoms with E-state index >= 15 is 0 Å². The van der Waals surface area contributed by atoms with Crippen molar-refractivity contribution in [2.24, 2.45) is 0 Å². The minimum absolute atomic E-state index is 1.15. The molecule has 0 bridgehead atoms. The monoisotopic (exact) mass is 661 g/mol. The van der Waals surface area contributed by atoms with Crippen molar-refractivity contribution >= 4 is 43.4 Å². The summed E-state index contributed by atoms with van der Waals surface area (Å²) in [5.74, 6) is 0. The molecule has 0 amide bonds. The number of aryl methyl sites for hydroxylation is 1. The summed E-state index contributed by atoms with van der Waals surface area (Å²) < 4.78 is 2.41. The van der Waals surface area contributed by atoms with Gasteiger partial charge in [-0.05, 0) is 103 Å². The molecule has 52 heavy (non-hydrogen) atoms. The molecular weight excluding hydrogens is 627 g/mol. The number of hydrogen-bond acceptors (Lipinski definition) is 0. The molecule has 244 valence electrons. The van der Waals surface area contributed by atoms with Crippen LogP contribution >= 0.6 is 0 Å². The van der Waals surface area contributed by atoms with Crippen LogP contribution < -0.4 is 0 Å². The number of rotatable bonds is 5. The maximum atomic E-state index is 2.41. The van der Waals surface area contributed by atoms with E-state index in [4.69, 9.17) is 0 Å². The lowest BCUT2D eigenvalue weighted by Gasteiger charge is -2.20. The largest absolute Gasteiger partial charge is 0.309 e. The Hall–Kier alpha value is -6.70. The highest BCUT2D eigenvalue weighted by Gasteiger charge is 2.20. The quantitative estimate of drug-likeness (QED) is 0.162. The Morgan fingerprint density at radius 3 is 1.62 bits per heavy atom. The lowest BCUT2D eigenvalue weighted by molar-refractivity contribution is 1.18. The van der Waals surface area contributed by atoms with Gasteiger partial charge >= 0.3 is 0 Å². The van der Waals surface area contributed by atoms with Crippen molar-refractivity contribution in [3.8, 4) is 50.2 Å². The number of para-hydroxylation sites is 1. The first-order chi connectivity index (χ1) is 25.7. The Balaban J connectivity index is 1.17. The molecule has 1 nitrogen and oxygen atoms in total. The van der Waals surface area contributed by atoms with Crippen molar-refractivity contribution in [1.29, 1.82) is 0 Å². The molecule has 0 unspecified atom stereocenters. The van der Waals surface area contributed by atoms with Crippen LogP contribution in [0.5, 0.6) is 0 Å². The lowest BCUT2D eigenvalue weighted by Crippen LogP contribution is -1.95. The van der Waals surface area contributed by atoms with Crippen LogP contribution in [0.25, 0.3) is 93.5 Å². The first-order valence-electron chi connectivity index (χ1n) is 18.0. The van der Waals surface area contributed by atoms with E-state index in [0.29, 0.717) is 0 Å². The van der Waals surface area contributed by atoms with Crippen molar-refractivity contribution in [3.05, 3.63) is 200 Å². The molecule has 0 atom stereocenters. The van der Waals surface area contributed by atoms with Crippen LogP contribution in [0.15, 0.2) is 194 Å². The maximum Gasteiger partial charge on any atom is 0.0541 e. The zero-order chi connectivity index (χ0) is 34.6. The summed E-state index contributed by atoms with van der Waals surface area (Å²) in [6.45, 7) is 2.20. The van der Waals surface area contributed by atoms with Gasteiger partial charge in [-0.2, -0.15) is 0 Å². The van der Waals surface area contributed by atoms with E-state index in [-0.39, 0.29) is 0 Å². The van der Waals surface area contributed by atoms with E-state index in [2.05, 4.69) is 206 Å². The van der Waals surface area contributed by atoms with Gasteiger partial charge in [0.25, 0.3) is 0 Å². The molecule has 1 aromatic heterocycles. The number of nitrogens with zero attached hydrogens (tertiary/aromatic N) is 1. The minimum Gasteiger partial charge on any atom is -0.309 e. The molecule has 1 heterocycles. The average Bonchev–Trinajstić information content (AvgIpc) is 3.54. The molecule has 0 aliphatic rings. The van der Waals surface area contributed by atoms with Crippen molar-refractivity contribution < 1.29 is 0 Å². The van der Waals surface area contributed by atoms with E-state index in [1.807, 2.05) is 0 Å². The predicted octanol–water partition coefficient (Wildman–Crippen LogP) is 14.1. The van der Waals surface area contributed by atoms with Gasteiger partial charge in [0.05, 0.1) is 11.0 Å². The zero-order valence-electron chi connectivity index (χ0n) is 28.9. The highest BCUT2D eigenvalue weighted by molar-refractivity contribution is 6.22. The maximum absolute atomic E-state index is 2.41. The Kier molecular flexibility index (Phi) is 7.11. The summed E-state index contributed by atoms with van der Waals surface area (Å²) in [5, 5.41) is 7.59. The highest BCUT2D eigenvalue weighted by Crippen LogP contribution is 2.46. The van der Waals surface area contributed by atoms with Gasteiger partial charge in [0.2, 0.25) is 0 Å². The molecule has 0 aliphatic carbocycles. The van der Waals surface area contributed by atoms with Crippen molar-refractivity contribution in [1.82, 2.24) is 4.57 Å². The molecule has 10 rings (SSSR count). The van der Waals surface area contributed by atoms with Crippen LogP contribution in [-0.2, 0) is 0 Å². The Bertz CT molecular complexity index is 2930. The molecule has 0 aliphatic heterocycles. The smallest absolute Gasteiger partial charge is 0.0541 e. The molecule has 0 saturated carbocycles. The zero-order valence-corrected chi connectivity index (χ0v) is 28.9. The fourth-order valence-corrected chi connectivity index (χ4v) is 8.30. The summed E-state index contributed by atoms with van der Waals surface area (Å²) >= 11 is 0. The number of aromatic nitrogens is 1. The average molecular weight is 662 g/mol. The van der Waals surface area contributed by atoms with Crippen LogP contribution in [0.4, 0.5) is 0 Å². The molecule has 0 N–H and O–H groups in total. The molecule has 0 saturated heterocycles. The highest BCUT2D eigenvalue weighted by atomic mass is 15.0. The molecule has 0 spiro atoms. The second-order valence-electron chi connectivity index (χ2n) is 13.8. The third-order valence-corrected chi connectivity index (χ3v) is 10.7. The first kappa shape index (κ1) is 30.2. The van der Waals surface area contributed by atoms with E-state index in [9.17, 15) is 0 Å². The number of hydrogen-bond donors (Lipinski definition) is 0. The van der Waals surface area contributed by atoms with E-state index in [1.165, 1.54) is 93.4 Å². The van der Waals surface area contributed by atoms with Crippen LogP contribution in [-0.4, -0.2) is 4.57 Å². The fourth-order valence-electron chi connectivity index (χ4n) is 8.30. The van der Waals surface area contributed by atoms with Crippen LogP contribution in [0.2, 0.25) is 0 Å². The van der Waals surface area contributed by atoms with Crippen LogP contribution in [0.1, 0.15) is 5.56 Å². The molecule has 1 heteroatoms. The number of fused-ring (bicyclic) bond motifs is 5. The van der Waals surface area contributed by atoms with E-state index in [1.54, 1.807) is 0 Å². The predicted molar refractivity (Wildman–Crippen MR) is 222 cm³/mol. The fraction of sp³-hybridized carbons (Fsp3) is 0.0196. The minimum atomic E-state index is 1.15. The third kappa shape index (κ3) is 4.86. The van der Waals surface area contributed by atoms with E-state index in [0.717, 1.165) is 5.69 Å². The molecular formula is C51H35N. The standard InChI is InChI=1S/C51H35N/c1-34-24-30-45-47(32-34)51(42-20-9-8-18-40(42)36-16-6-3-7-17-36)44-22-11-10-21-43(44)50(45)37-25-28-39(29-26-37)52-48-23-13-12-19-41(48)46-33-38(27-31-49(46)52)35-14-4-2-5-15-35/h2-33H,1H3. The van der Waals surface area contributed by atoms with Gasteiger partial charge < -0.3 is 4.57 Å². The van der Waals surface area contributed by atoms with Gasteiger partial charge in [0.15, 0.2) is 0 Å². The second kappa shape index (κ2) is 12.3. The van der Waals surface area contributed by atoms with Crippen molar-refractivity contribution in [3.63, 3.8) is 0 Å². The molecule has 10 aromatic rings. The summed E-state index contributed by atoms with van der Waals surface area (Å²) in [4.78, 5) is 0. The van der Waals surface area contributed by atoms with Gasteiger partial charge in [-0.25, -0.2) is 0 Å². The number of benzene rings is 9. The van der Waals surface area contributed by atoms with Crippen molar-refractivity contribution in [2.75, 3.05) is 0 Å². The normalized spacial score (nSPS) is 11.6. The summed E-state index contributed by atoms with van der Waals surface area (Å²) in [7, 11) is 0. The molecule has 9 aromatic carbocycles. The first-order valence-corrected chi connectivity index (χ1v) is 18.0. The summed E-state index contributed by atoms with van der Waals surface area (Å²) in [6.07, 6.45) is 0. The molecule has 0 fully saturated rings. The van der Waals surface area contributed by atoms with Crippen molar-refractivity contribution in [2.45, 2.75) is 6.92 Å². The summed E-state index contributed by atoms with van der Waals surface area (Å²) in [6, 6.07) is 71.0. The van der Waals surface area contributed by atoms with Gasteiger partial charge in [0, 0.05) is 16.5 Å². The van der Waals surface area contributed by atoms with Gasteiger partial charge in [-0.15, -0.1) is 0 Å². The third-order valence-electron chi connectivity index (χ3n) is 10.7. The lowest BCUT2D eigenvalue weighted by atomic mass is 9.83.